The van der Waals surface area contributed by atoms with Crippen LogP contribution in [0.1, 0.15) is 39.2 Å². The fourth-order valence-electron chi connectivity index (χ4n) is 2.95. The van der Waals surface area contributed by atoms with E-state index in [4.69, 9.17) is 9.47 Å². The van der Waals surface area contributed by atoms with Crippen LogP contribution in [0, 0.1) is 11.8 Å². The van der Waals surface area contributed by atoms with Crippen molar-refractivity contribution in [2.45, 2.75) is 39.0 Å². The van der Waals surface area contributed by atoms with Crippen LogP contribution in [0.3, 0.4) is 0 Å². The molecule has 0 unspecified atom stereocenters. The molecule has 1 fully saturated rings. The van der Waals surface area contributed by atoms with Crippen molar-refractivity contribution < 1.29 is 19.1 Å². The molecule has 0 saturated heterocycles. The Balaban J connectivity index is 1.43. The molecule has 2 atom stereocenters. The number of rotatable bonds is 7. The zero-order valence-corrected chi connectivity index (χ0v) is 15.1. The third-order valence-corrected chi connectivity index (χ3v) is 4.98. The van der Waals surface area contributed by atoms with E-state index in [1.807, 2.05) is 18.2 Å². The summed E-state index contributed by atoms with van der Waals surface area (Å²) >= 11 is 0. The third-order valence-electron chi connectivity index (χ3n) is 4.98. The van der Waals surface area contributed by atoms with Gasteiger partial charge in [0.1, 0.15) is 0 Å². The minimum Gasteiger partial charge on any atom is -0.454 e. The lowest BCUT2D eigenvalue weighted by Crippen LogP contribution is -2.38. The standard InChI is InChI=1S/C19H26N2O4/c1-12-8-14(12)18(23)20-7-6-17(22)21-10-19(2,3)13-4-5-15-16(9-13)25-11-24-15/h4-5,9,12,14H,6-8,10-11H2,1-3H3,(H,20,23)(H,21,22)/t12-,14+/m0/s1. The van der Waals surface area contributed by atoms with Crippen LogP contribution in [0.15, 0.2) is 18.2 Å². The largest absolute Gasteiger partial charge is 0.454 e. The molecule has 25 heavy (non-hydrogen) atoms. The summed E-state index contributed by atoms with van der Waals surface area (Å²) in [6.45, 7) is 7.36. The lowest BCUT2D eigenvalue weighted by Gasteiger charge is -2.26. The summed E-state index contributed by atoms with van der Waals surface area (Å²) in [5, 5.41) is 5.79. The zero-order valence-electron chi connectivity index (χ0n) is 15.1. The summed E-state index contributed by atoms with van der Waals surface area (Å²) in [5.41, 5.74) is 0.844. The number of hydrogen-bond donors (Lipinski definition) is 2. The maximum atomic E-state index is 12.0. The summed E-state index contributed by atoms with van der Waals surface area (Å²) in [7, 11) is 0. The number of carbonyl (C=O) groups excluding carboxylic acids is 2. The van der Waals surface area contributed by atoms with Gasteiger partial charge < -0.3 is 20.1 Å². The maximum absolute atomic E-state index is 12.0. The van der Waals surface area contributed by atoms with E-state index < -0.39 is 0 Å². The summed E-state index contributed by atoms with van der Waals surface area (Å²) in [6.07, 6.45) is 1.26. The Morgan fingerprint density at radius 1 is 1.20 bits per heavy atom. The van der Waals surface area contributed by atoms with Crippen LogP contribution in [-0.4, -0.2) is 31.7 Å². The van der Waals surface area contributed by atoms with E-state index in [1.54, 1.807) is 0 Å². The molecule has 2 aliphatic rings. The predicted octanol–water partition coefficient (Wildman–Crippen LogP) is 1.97. The SMILES string of the molecule is C[C@H]1C[C@H]1C(=O)NCCC(=O)NCC(C)(C)c1ccc2c(c1)OCO2. The van der Waals surface area contributed by atoms with Crippen molar-refractivity contribution in [3.05, 3.63) is 23.8 Å². The van der Waals surface area contributed by atoms with Crippen molar-refractivity contribution in [1.29, 1.82) is 0 Å². The second kappa shape index (κ2) is 6.94. The van der Waals surface area contributed by atoms with Crippen LogP contribution in [0.2, 0.25) is 0 Å². The van der Waals surface area contributed by atoms with E-state index in [1.165, 1.54) is 0 Å². The van der Waals surface area contributed by atoms with Crippen LogP contribution < -0.4 is 20.1 Å². The first-order chi connectivity index (χ1) is 11.9. The molecular formula is C19H26N2O4. The highest BCUT2D eigenvalue weighted by molar-refractivity contribution is 5.82. The fraction of sp³-hybridized carbons (Fsp3) is 0.579. The number of ether oxygens (including phenoxy) is 2. The molecule has 0 bridgehead atoms. The molecule has 1 saturated carbocycles. The lowest BCUT2D eigenvalue weighted by molar-refractivity contribution is -0.123. The van der Waals surface area contributed by atoms with Crippen molar-refractivity contribution in [3.8, 4) is 11.5 Å². The Morgan fingerprint density at radius 2 is 1.92 bits per heavy atom. The molecular weight excluding hydrogens is 320 g/mol. The molecule has 1 aliphatic carbocycles. The number of carbonyl (C=O) groups is 2. The lowest BCUT2D eigenvalue weighted by atomic mass is 9.84. The minimum absolute atomic E-state index is 0.0574. The fourth-order valence-corrected chi connectivity index (χ4v) is 2.95. The van der Waals surface area contributed by atoms with E-state index in [9.17, 15) is 9.59 Å². The van der Waals surface area contributed by atoms with Gasteiger partial charge in [-0.1, -0.05) is 26.8 Å². The summed E-state index contributed by atoms with van der Waals surface area (Å²) < 4.78 is 10.7. The molecule has 1 aromatic carbocycles. The van der Waals surface area contributed by atoms with Gasteiger partial charge in [0.15, 0.2) is 11.5 Å². The summed E-state index contributed by atoms with van der Waals surface area (Å²) in [6, 6.07) is 5.86. The summed E-state index contributed by atoms with van der Waals surface area (Å²) in [4.78, 5) is 23.8. The second-order valence-corrected chi connectivity index (χ2v) is 7.59. The van der Waals surface area contributed by atoms with E-state index >= 15 is 0 Å². The Morgan fingerprint density at radius 3 is 2.64 bits per heavy atom. The molecule has 1 aliphatic heterocycles. The van der Waals surface area contributed by atoms with Gasteiger partial charge in [-0.05, 0) is 30.0 Å². The highest BCUT2D eigenvalue weighted by atomic mass is 16.7. The average Bonchev–Trinajstić information content (AvgIpc) is 3.12. The van der Waals surface area contributed by atoms with Gasteiger partial charge in [-0.15, -0.1) is 0 Å². The van der Waals surface area contributed by atoms with Crippen molar-refractivity contribution in [2.75, 3.05) is 19.9 Å². The van der Waals surface area contributed by atoms with Crippen LogP contribution in [0.4, 0.5) is 0 Å². The van der Waals surface area contributed by atoms with E-state index in [2.05, 4.69) is 31.4 Å². The van der Waals surface area contributed by atoms with Crippen LogP contribution in [0.5, 0.6) is 11.5 Å². The molecule has 0 radical (unpaired) electrons. The minimum atomic E-state index is -0.233. The van der Waals surface area contributed by atoms with E-state index in [0.29, 0.717) is 25.4 Å². The maximum Gasteiger partial charge on any atom is 0.231 e. The van der Waals surface area contributed by atoms with Gasteiger partial charge in [0, 0.05) is 30.8 Å². The third kappa shape index (κ3) is 4.24. The highest BCUT2D eigenvalue weighted by Crippen LogP contribution is 2.37. The second-order valence-electron chi connectivity index (χ2n) is 7.59. The Labute approximate surface area is 148 Å². The van der Waals surface area contributed by atoms with Crippen molar-refractivity contribution in [2.24, 2.45) is 11.8 Å². The first-order valence-electron chi connectivity index (χ1n) is 8.81. The van der Waals surface area contributed by atoms with Gasteiger partial charge in [0.2, 0.25) is 18.6 Å². The molecule has 1 aromatic rings. The number of benzene rings is 1. The number of nitrogens with one attached hydrogen (secondary N) is 2. The molecule has 2 amide bonds. The molecule has 3 rings (SSSR count). The van der Waals surface area contributed by atoms with Gasteiger partial charge in [-0.2, -0.15) is 0 Å². The Kier molecular flexibility index (Phi) is 4.88. The van der Waals surface area contributed by atoms with E-state index in [0.717, 1.165) is 23.5 Å². The zero-order chi connectivity index (χ0) is 18.0. The smallest absolute Gasteiger partial charge is 0.231 e. The quantitative estimate of drug-likeness (QED) is 0.791. The van der Waals surface area contributed by atoms with Gasteiger partial charge in [-0.3, -0.25) is 9.59 Å². The average molecular weight is 346 g/mol. The normalized spacial score (nSPS) is 20.9. The molecule has 6 nitrogen and oxygen atoms in total. The predicted molar refractivity (Wildman–Crippen MR) is 93.5 cm³/mol. The highest BCUT2D eigenvalue weighted by Gasteiger charge is 2.38. The van der Waals surface area contributed by atoms with Gasteiger partial charge in [-0.25, -0.2) is 0 Å². The molecule has 0 aromatic heterocycles. The van der Waals surface area contributed by atoms with Crippen molar-refractivity contribution in [3.63, 3.8) is 0 Å². The van der Waals surface area contributed by atoms with Gasteiger partial charge >= 0.3 is 0 Å². The number of amides is 2. The van der Waals surface area contributed by atoms with Crippen molar-refractivity contribution in [1.82, 2.24) is 10.6 Å². The van der Waals surface area contributed by atoms with Crippen LogP contribution >= 0.6 is 0 Å². The van der Waals surface area contributed by atoms with Crippen LogP contribution in [0.25, 0.3) is 0 Å². The first-order valence-corrected chi connectivity index (χ1v) is 8.81. The van der Waals surface area contributed by atoms with Crippen molar-refractivity contribution >= 4 is 11.8 Å². The van der Waals surface area contributed by atoms with Gasteiger partial charge in [0.05, 0.1) is 0 Å². The summed E-state index contributed by atoms with van der Waals surface area (Å²) in [5.74, 6) is 2.14. The molecule has 1 heterocycles. The molecule has 0 spiro atoms. The van der Waals surface area contributed by atoms with Crippen LogP contribution in [-0.2, 0) is 15.0 Å². The molecule has 136 valence electrons. The Hall–Kier alpha value is -2.24. The first kappa shape index (κ1) is 17.6. The molecule has 6 heteroatoms. The van der Waals surface area contributed by atoms with E-state index in [-0.39, 0.29) is 29.9 Å². The Bertz CT molecular complexity index is 671. The monoisotopic (exact) mass is 346 g/mol. The number of hydrogen-bond acceptors (Lipinski definition) is 4. The van der Waals surface area contributed by atoms with Gasteiger partial charge in [0.25, 0.3) is 0 Å². The number of fused-ring (bicyclic) bond motifs is 1. The molecule has 2 N–H and O–H groups in total. The topological polar surface area (TPSA) is 76.7 Å².